The summed E-state index contributed by atoms with van der Waals surface area (Å²) in [5.41, 5.74) is 1.80. The van der Waals surface area contributed by atoms with Gasteiger partial charge in [-0.3, -0.25) is 9.69 Å². The number of carbonyl (C=O) groups is 2. The van der Waals surface area contributed by atoms with Crippen molar-refractivity contribution in [2.75, 3.05) is 27.4 Å². The molecular weight excluding hydrogens is 428 g/mol. The second-order valence-corrected chi connectivity index (χ2v) is 7.91. The zero-order valence-electron chi connectivity index (χ0n) is 18.6. The number of rotatable bonds is 8. The maximum Gasteiger partial charge on any atom is 0.338 e. The van der Waals surface area contributed by atoms with Gasteiger partial charge in [-0.25, -0.2) is 9.79 Å². The average Bonchev–Trinajstić information content (AvgIpc) is 3.06. The summed E-state index contributed by atoms with van der Waals surface area (Å²) in [6.07, 6.45) is 2.70. The maximum absolute atomic E-state index is 12.8. The van der Waals surface area contributed by atoms with Crippen molar-refractivity contribution in [1.82, 2.24) is 4.90 Å². The van der Waals surface area contributed by atoms with Crippen LogP contribution in [0.15, 0.2) is 52.4 Å². The summed E-state index contributed by atoms with van der Waals surface area (Å²) >= 11 is 1.27. The highest BCUT2D eigenvalue weighted by atomic mass is 32.2. The average molecular weight is 455 g/mol. The highest BCUT2D eigenvalue weighted by Crippen LogP contribution is 2.35. The molecule has 0 unspecified atom stereocenters. The highest BCUT2D eigenvalue weighted by molar-refractivity contribution is 8.18. The number of aliphatic imine (C=N–C) groups is 1. The molecule has 0 aromatic heterocycles. The van der Waals surface area contributed by atoms with Crippen LogP contribution in [0.25, 0.3) is 6.08 Å². The number of esters is 1. The van der Waals surface area contributed by atoms with Gasteiger partial charge < -0.3 is 14.2 Å². The van der Waals surface area contributed by atoms with Crippen LogP contribution in [0.4, 0.5) is 5.69 Å². The summed E-state index contributed by atoms with van der Waals surface area (Å²) in [7, 11) is 3.26. The molecule has 2 aromatic carbocycles. The Morgan fingerprint density at radius 1 is 1.16 bits per heavy atom. The van der Waals surface area contributed by atoms with Crippen LogP contribution in [0.5, 0.6) is 11.5 Å². The first-order valence-electron chi connectivity index (χ1n) is 10.3. The lowest BCUT2D eigenvalue weighted by Gasteiger charge is -2.10. The van der Waals surface area contributed by atoms with E-state index in [1.807, 2.05) is 25.1 Å². The molecule has 3 rings (SSSR count). The molecule has 0 N–H and O–H groups in total. The number of benzene rings is 2. The molecule has 0 atom stereocenters. The molecule has 0 spiro atoms. The minimum atomic E-state index is -0.404. The van der Waals surface area contributed by atoms with Crippen molar-refractivity contribution < 1.29 is 23.8 Å². The number of amidine groups is 1. The van der Waals surface area contributed by atoms with Crippen LogP contribution in [-0.4, -0.2) is 49.3 Å². The Balaban J connectivity index is 1.83. The number of methoxy groups -OCH3 is 1. The quantitative estimate of drug-likeness (QED) is 0.417. The fourth-order valence-electron chi connectivity index (χ4n) is 2.94. The summed E-state index contributed by atoms with van der Waals surface area (Å²) in [5.74, 6) is 0.726. The lowest BCUT2D eigenvalue weighted by Crippen LogP contribution is -2.23. The zero-order chi connectivity index (χ0) is 23.1. The van der Waals surface area contributed by atoms with Gasteiger partial charge in [-0.2, -0.15) is 0 Å². The molecule has 2 aromatic rings. The minimum Gasteiger partial charge on any atom is -0.493 e. The van der Waals surface area contributed by atoms with Crippen molar-refractivity contribution in [1.29, 1.82) is 0 Å². The number of amides is 1. The summed E-state index contributed by atoms with van der Waals surface area (Å²) in [6.45, 7) is 4.70. The third-order valence-electron chi connectivity index (χ3n) is 4.53. The predicted molar refractivity (Wildman–Crippen MR) is 127 cm³/mol. The Morgan fingerprint density at radius 2 is 1.97 bits per heavy atom. The van der Waals surface area contributed by atoms with Crippen molar-refractivity contribution in [2.45, 2.75) is 20.3 Å². The lowest BCUT2D eigenvalue weighted by atomic mass is 10.2. The van der Waals surface area contributed by atoms with E-state index < -0.39 is 5.97 Å². The molecule has 1 heterocycles. The Bertz CT molecular complexity index is 1060. The maximum atomic E-state index is 12.8. The van der Waals surface area contributed by atoms with Gasteiger partial charge in [0.1, 0.15) is 0 Å². The third kappa shape index (κ3) is 5.50. The number of carbonyl (C=O) groups excluding carboxylic acids is 2. The molecule has 0 radical (unpaired) electrons. The van der Waals surface area contributed by atoms with E-state index in [1.54, 1.807) is 51.4 Å². The Labute approximate surface area is 192 Å². The van der Waals surface area contributed by atoms with Gasteiger partial charge in [-0.15, -0.1) is 0 Å². The molecule has 1 amide bonds. The van der Waals surface area contributed by atoms with E-state index in [0.717, 1.165) is 12.0 Å². The molecule has 168 valence electrons. The largest absolute Gasteiger partial charge is 0.493 e. The highest BCUT2D eigenvalue weighted by Gasteiger charge is 2.30. The number of nitrogens with zero attached hydrogens (tertiary/aromatic N) is 2. The van der Waals surface area contributed by atoms with Crippen molar-refractivity contribution >= 4 is 40.6 Å². The molecule has 8 heteroatoms. The van der Waals surface area contributed by atoms with Crippen molar-refractivity contribution in [2.24, 2.45) is 4.99 Å². The second-order valence-electron chi connectivity index (χ2n) is 6.90. The molecule has 1 saturated heterocycles. The molecule has 0 saturated carbocycles. The summed E-state index contributed by atoms with van der Waals surface area (Å²) < 4.78 is 16.2. The standard InChI is InChI=1S/C24H26N2O5S/c1-5-12-31-19-11-10-16(13-20(19)29-4)14-21-22(27)26(3)24(32-21)25-18-9-7-8-17(15-18)23(28)30-6-2/h7-11,13-15H,5-6,12H2,1-4H3. The first-order chi connectivity index (χ1) is 15.5. The Kier molecular flexibility index (Phi) is 7.94. The van der Waals surface area contributed by atoms with Crippen molar-refractivity contribution in [3.05, 3.63) is 58.5 Å². The summed E-state index contributed by atoms with van der Waals surface area (Å²) in [6, 6.07) is 12.4. The van der Waals surface area contributed by atoms with Gasteiger partial charge in [0.05, 0.1) is 36.5 Å². The van der Waals surface area contributed by atoms with Gasteiger partial charge in [-0.1, -0.05) is 19.1 Å². The zero-order valence-corrected chi connectivity index (χ0v) is 19.4. The van der Waals surface area contributed by atoms with E-state index in [1.165, 1.54) is 16.7 Å². The number of thioether (sulfide) groups is 1. The van der Waals surface area contributed by atoms with Crippen molar-refractivity contribution in [3.8, 4) is 11.5 Å². The number of hydrogen-bond donors (Lipinski definition) is 0. The lowest BCUT2D eigenvalue weighted by molar-refractivity contribution is -0.121. The van der Waals surface area contributed by atoms with Gasteiger partial charge >= 0.3 is 5.97 Å². The van der Waals surface area contributed by atoms with Crippen LogP contribution in [-0.2, 0) is 9.53 Å². The van der Waals surface area contributed by atoms with Crippen LogP contribution in [0, 0.1) is 0 Å². The molecule has 0 bridgehead atoms. The molecule has 32 heavy (non-hydrogen) atoms. The number of hydrogen-bond acceptors (Lipinski definition) is 7. The minimum absolute atomic E-state index is 0.152. The first-order valence-corrected chi connectivity index (χ1v) is 11.1. The van der Waals surface area contributed by atoms with E-state index in [-0.39, 0.29) is 5.91 Å². The molecule has 1 aliphatic rings. The Hall–Kier alpha value is -3.26. The van der Waals surface area contributed by atoms with Gasteiger partial charge in [0.25, 0.3) is 5.91 Å². The fraction of sp³-hybridized carbons (Fsp3) is 0.292. The van der Waals surface area contributed by atoms with Crippen LogP contribution < -0.4 is 9.47 Å². The topological polar surface area (TPSA) is 77.4 Å². The summed E-state index contributed by atoms with van der Waals surface area (Å²) in [5, 5.41) is 0.525. The van der Waals surface area contributed by atoms with E-state index in [0.29, 0.717) is 46.0 Å². The molecule has 7 nitrogen and oxygen atoms in total. The Morgan fingerprint density at radius 3 is 2.69 bits per heavy atom. The van der Waals surface area contributed by atoms with E-state index in [9.17, 15) is 9.59 Å². The normalized spacial score (nSPS) is 16.0. The molecular formula is C24H26N2O5S. The first kappa shape index (κ1) is 23.4. The van der Waals surface area contributed by atoms with Crippen LogP contribution in [0.2, 0.25) is 0 Å². The van der Waals surface area contributed by atoms with E-state index in [2.05, 4.69) is 4.99 Å². The van der Waals surface area contributed by atoms with Gasteiger partial charge in [0, 0.05) is 7.05 Å². The van der Waals surface area contributed by atoms with E-state index >= 15 is 0 Å². The second kappa shape index (κ2) is 10.9. The molecule has 0 aliphatic carbocycles. The van der Waals surface area contributed by atoms with Crippen LogP contribution >= 0.6 is 11.8 Å². The SMILES string of the molecule is CCCOc1ccc(C=C2SC(=Nc3cccc(C(=O)OCC)c3)N(C)C2=O)cc1OC. The number of ether oxygens (including phenoxy) is 3. The molecule has 1 aliphatic heterocycles. The smallest absolute Gasteiger partial charge is 0.338 e. The molecule has 1 fully saturated rings. The van der Waals surface area contributed by atoms with Crippen LogP contribution in [0.1, 0.15) is 36.2 Å². The van der Waals surface area contributed by atoms with Gasteiger partial charge in [0.15, 0.2) is 16.7 Å². The number of likely N-dealkylation sites (N-methyl/N-ethyl adjacent to an activating group) is 1. The van der Waals surface area contributed by atoms with Gasteiger partial charge in [0.2, 0.25) is 0 Å². The van der Waals surface area contributed by atoms with Crippen LogP contribution in [0.3, 0.4) is 0 Å². The predicted octanol–water partition coefficient (Wildman–Crippen LogP) is 4.89. The van der Waals surface area contributed by atoms with E-state index in [4.69, 9.17) is 14.2 Å². The third-order valence-corrected chi connectivity index (χ3v) is 5.59. The van der Waals surface area contributed by atoms with Gasteiger partial charge in [-0.05, 0) is 67.1 Å². The monoisotopic (exact) mass is 454 g/mol. The summed E-state index contributed by atoms with van der Waals surface area (Å²) in [4.78, 5) is 31.3. The van der Waals surface area contributed by atoms with Crippen molar-refractivity contribution in [3.63, 3.8) is 0 Å². The fourth-order valence-corrected chi connectivity index (χ4v) is 3.92.